The van der Waals surface area contributed by atoms with Crippen LogP contribution in [0.15, 0.2) is 42.6 Å². The number of benzene rings is 1. The normalized spacial score (nSPS) is 10.3. The minimum atomic E-state index is 0.637. The summed E-state index contributed by atoms with van der Waals surface area (Å²) < 4.78 is 0. The Balaban J connectivity index is 2.18. The van der Waals surface area contributed by atoms with Gasteiger partial charge < -0.3 is 0 Å². The molecule has 75 valence electrons. The number of hydrogen-bond donors (Lipinski definition) is 0. The Bertz CT molecular complexity index is 451. The van der Waals surface area contributed by atoms with E-state index in [1.165, 1.54) is 0 Å². The number of rotatable bonds is 2. The lowest BCUT2D eigenvalue weighted by Gasteiger charge is -2.01. The molecule has 2 aromatic rings. The van der Waals surface area contributed by atoms with E-state index >= 15 is 0 Å². The zero-order chi connectivity index (χ0) is 10.7. The molecule has 1 aromatic carbocycles. The van der Waals surface area contributed by atoms with Gasteiger partial charge in [0.25, 0.3) is 0 Å². The molecule has 0 aliphatic heterocycles. The van der Waals surface area contributed by atoms with E-state index in [0.29, 0.717) is 5.02 Å². The molecule has 15 heavy (non-hydrogen) atoms. The molecular formula is C12H8Cl2N. The zero-order valence-corrected chi connectivity index (χ0v) is 9.33. The highest BCUT2D eigenvalue weighted by molar-refractivity contribution is 6.30. The summed E-state index contributed by atoms with van der Waals surface area (Å²) in [6, 6.07) is 11.3. The first-order valence-electron chi connectivity index (χ1n) is 4.46. The third-order valence-corrected chi connectivity index (χ3v) is 2.37. The smallest absolute Gasteiger partial charge is 0.0589 e. The Morgan fingerprint density at radius 1 is 1.00 bits per heavy atom. The van der Waals surface area contributed by atoms with Gasteiger partial charge >= 0.3 is 0 Å². The van der Waals surface area contributed by atoms with E-state index in [9.17, 15) is 0 Å². The second-order valence-corrected chi connectivity index (χ2v) is 3.97. The molecule has 0 amide bonds. The van der Waals surface area contributed by atoms with Gasteiger partial charge in [0.05, 0.1) is 5.02 Å². The summed E-state index contributed by atoms with van der Waals surface area (Å²) in [6.45, 7) is 0. The summed E-state index contributed by atoms with van der Waals surface area (Å²) >= 11 is 11.6. The maximum atomic E-state index is 5.87. The summed E-state index contributed by atoms with van der Waals surface area (Å²) in [5.74, 6) is 0. The molecule has 0 saturated carbocycles. The maximum absolute atomic E-state index is 5.87. The highest BCUT2D eigenvalue weighted by Crippen LogP contribution is 2.16. The van der Waals surface area contributed by atoms with E-state index in [-0.39, 0.29) is 0 Å². The standard InChI is InChI=1S/C12H8Cl2N/c13-10-3-1-2-9(6-10)7-12-5-4-11(14)8-15-12/h1-8H. The average Bonchev–Trinajstić information content (AvgIpc) is 2.22. The lowest BCUT2D eigenvalue weighted by Crippen LogP contribution is -1.88. The second-order valence-electron chi connectivity index (χ2n) is 3.10. The van der Waals surface area contributed by atoms with Crippen molar-refractivity contribution in [3.63, 3.8) is 0 Å². The van der Waals surface area contributed by atoms with Gasteiger partial charge in [-0.1, -0.05) is 35.3 Å². The molecule has 0 saturated heterocycles. The highest BCUT2D eigenvalue weighted by atomic mass is 35.5. The van der Waals surface area contributed by atoms with Crippen LogP contribution in [-0.2, 0) is 0 Å². The molecule has 1 radical (unpaired) electrons. The van der Waals surface area contributed by atoms with Crippen LogP contribution in [0.3, 0.4) is 0 Å². The van der Waals surface area contributed by atoms with Gasteiger partial charge in [-0.15, -0.1) is 0 Å². The molecule has 1 nitrogen and oxygen atoms in total. The average molecular weight is 237 g/mol. The molecule has 0 N–H and O–H groups in total. The topological polar surface area (TPSA) is 12.9 Å². The molecule has 2 rings (SSSR count). The number of hydrogen-bond acceptors (Lipinski definition) is 1. The van der Waals surface area contributed by atoms with Crippen molar-refractivity contribution in [1.82, 2.24) is 4.98 Å². The number of halogens is 2. The molecule has 0 aliphatic rings. The quantitative estimate of drug-likeness (QED) is 0.769. The van der Waals surface area contributed by atoms with Crippen LogP contribution in [0.2, 0.25) is 10.0 Å². The van der Waals surface area contributed by atoms with Crippen molar-refractivity contribution in [3.05, 3.63) is 70.3 Å². The molecule has 0 fully saturated rings. The molecule has 0 bridgehead atoms. The maximum Gasteiger partial charge on any atom is 0.0589 e. The summed E-state index contributed by atoms with van der Waals surface area (Å²) in [7, 11) is 0. The van der Waals surface area contributed by atoms with Crippen LogP contribution < -0.4 is 0 Å². The van der Waals surface area contributed by atoms with Crippen molar-refractivity contribution in [2.75, 3.05) is 0 Å². The summed E-state index contributed by atoms with van der Waals surface area (Å²) in [5.41, 5.74) is 1.89. The van der Waals surface area contributed by atoms with Crippen LogP contribution >= 0.6 is 23.2 Å². The fourth-order valence-corrected chi connectivity index (χ4v) is 1.55. The van der Waals surface area contributed by atoms with Crippen molar-refractivity contribution in [2.24, 2.45) is 0 Å². The summed E-state index contributed by atoms with van der Waals surface area (Å²) in [6.07, 6.45) is 3.57. The van der Waals surface area contributed by atoms with Gasteiger partial charge in [-0.05, 0) is 29.8 Å². The fourth-order valence-electron chi connectivity index (χ4n) is 1.24. The summed E-state index contributed by atoms with van der Waals surface area (Å²) in [5, 5.41) is 1.36. The van der Waals surface area contributed by atoms with Gasteiger partial charge in [0, 0.05) is 23.3 Å². The lowest BCUT2D eigenvalue weighted by molar-refractivity contribution is 1.22. The van der Waals surface area contributed by atoms with Gasteiger partial charge in [-0.25, -0.2) is 0 Å². The molecule has 0 spiro atoms. The van der Waals surface area contributed by atoms with Crippen molar-refractivity contribution < 1.29 is 0 Å². The predicted octanol–water partition coefficient (Wildman–Crippen LogP) is 3.99. The molecule has 0 atom stereocenters. The van der Waals surface area contributed by atoms with Crippen LogP contribution in [0.4, 0.5) is 0 Å². The largest absolute Gasteiger partial charge is 0.259 e. The molecule has 3 heteroatoms. The van der Waals surface area contributed by atoms with E-state index in [1.54, 1.807) is 6.20 Å². The Morgan fingerprint density at radius 3 is 2.53 bits per heavy atom. The minimum Gasteiger partial charge on any atom is -0.259 e. The Labute approximate surface area is 98.7 Å². The first kappa shape index (κ1) is 10.5. The third kappa shape index (κ3) is 2.95. The first-order valence-corrected chi connectivity index (χ1v) is 5.21. The van der Waals surface area contributed by atoms with E-state index in [4.69, 9.17) is 23.2 Å². The second kappa shape index (κ2) is 4.65. The minimum absolute atomic E-state index is 0.637. The Morgan fingerprint density at radius 2 is 1.87 bits per heavy atom. The van der Waals surface area contributed by atoms with Gasteiger partial charge in [-0.2, -0.15) is 0 Å². The van der Waals surface area contributed by atoms with Gasteiger partial charge in [-0.3, -0.25) is 4.98 Å². The van der Waals surface area contributed by atoms with Crippen LogP contribution in [0, 0.1) is 6.42 Å². The van der Waals surface area contributed by atoms with Crippen molar-refractivity contribution in [1.29, 1.82) is 0 Å². The highest BCUT2D eigenvalue weighted by Gasteiger charge is 1.99. The van der Waals surface area contributed by atoms with E-state index in [2.05, 4.69) is 4.98 Å². The van der Waals surface area contributed by atoms with E-state index < -0.39 is 0 Å². The van der Waals surface area contributed by atoms with Crippen LogP contribution in [-0.4, -0.2) is 4.98 Å². The van der Waals surface area contributed by atoms with Crippen LogP contribution in [0.5, 0.6) is 0 Å². The van der Waals surface area contributed by atoms with E-state index in [1.807, 2.05) is 42.8 Å². The van der Waals surface area contributed by atoms with Gasteiger partial charge in [0.15, 0.2) is 0 Å². The Hall–Kier alpha value is -1.05. The first-order chi connectivity index (χ1) is 7.24. The van der Waals surface area contributed by atoms with Crippen LogP contribution in [0.1, 0.15) is 11.3 Å². The molecule has 0 aliphatic carbocycles. The molecular weight excluding hydrogens is 229 g/mol. The van der Waals surface area contributed by atoms with Crippen LogP contribution in [0.25, 0.3) is 0 Å². The Kier molecular flexibility index (Phi) is 3.24. The third-order valence-electron chi connectivity index (χ3n) is 1.91. The van der Waals surface area contributed by atoms with Gasteiger partial charge in [0.2, 0.25) is 0 Å². The van der Waals surface area contributed by atoms with Gasteiger partial charge in [0.1, 0.15) is 0 Å². The van der Waals surface area contributed by atoms with Crippen molar-refractivity contribution in [2.45, 2.75) is 0 Å². The van der Waals surface area contributed by atoms with Crippen molar-refractivity contribution >= 4 is 23.2 Å². The number of aromatic nitrogens is 1. The molecule has 1 aromatic heterocycles. The van der Waals surface area contributed by atoms with Crippen molar-refractivity contribution in [3.8, 4) is 0 Å². The monoisotopic (exact) mass is 236 g/mol. The predicted molar refractivity (Wildman–Crippen MR) is 63.2 cm³/mol. The van der Waals surface area contributed by atoms with E-state index in [0.717, 1.165) is 16.3 Å². The number of nitrogens with zero attached hydrogens (tertiary/aromatic N) is 1. The summed E-state index contributed by atoms with van der Waals surface area (Å²) in [4.78, 5) is 4.17. The molecule has 1 heterocycles. The fraction of sp³-hybridized carbons (Fsp3) is 0. The zero-order valence-electron chi connectivity index (χ0n) is 7.82. The molecule has 0 unspecified atom stereocenters. The lowest BCUT2D eigenvalue weighted by atomic mass is 10.1. The number of pyridine rings is 1. The SMILES string of the molecule is Clc1ccc([CH]c2cccc(Cl)c2)nc1.